The van der Waals surface area contributed by atoms with E-state index in [1.54, 1.807) is 11.8 Å². The molecule has 1 aromatic carbocycles. The van der Waals surface area contributed by atoms with E-state index >= 15 is 0 Å². The Labute approximate surface area is 173 Å². The van der Waals surface area contributed by atoms with Crippen LogP contribution in [0.25, 0.3) is 0 Å². The molecular weight excluding hydrogens is 370 g/mol. The first-order valence-electron chi connectivity index (χ1n) is 10.6. The molecule has 1 heterocycles. The molecule has 1 aliphatic carbocycles. The first kappa shape index (κ1) is 21.0. The lowest BCUT2D eigenvalue weighted by Gasteiger charge is -2.33. The lowest BCUT2D eigenvalue weighted by atomic mass is 9.93. The Bertz CT molecular complexity index is 636. The van der Waals surface area contributed by atoms with Gasteiger partial charge in [0.05, 0.1) is 0 Å². The van der Waals surface area contributed by atoms with Crippen molar-refractivity contribution < 1.29 is 9.59 Å². The Kier molecular flexibility index (Phi) is 8.07. The van der Waals surface area contributed by atoms with Crippen molar-refractivity contribution in [3.8, 4) is 0 Å². The van der Waals surface area contributed by atoms with Gasteiger partial charge in [-0.05, 0) is 55.6 Å². The molecule has 2 N–H and O–H groups in total. The predicted molar refractivity (Wildman–Crippen MR) is 114 cm³/mol. The Morgan fingerprint density at radius 3 is 2.36 bits per heavy atom. The normalized spacial score (nSPS) is 18.7. The molecule has 0 unspecified atom stereocenters. The summed E-state index contributed by atoms with van der Waals surface area (Å²) < 4.78 is 0. The van der Waals surface area contributed by atoms with Gasteiger partial charge in [0.1, 0.15) is 0 Å². The molecule has 28 heavy (non-hydrogen) atoms. The van der Waals surface area contributed by atoms with Crippen LogP contribution in [0.1, 0.15) is 56.9 Å². The fourth-order valence-corrected chi connectivity index (χ4v) is 4.54. The largest absolute Gasteiger partial charge is 0.352 e. The second kappa shape index (κ2) is 10.7. The zero-order chi connectivity index (χ0) is 19.8. The second-order valence-electron chi connectivity index (χ2n) is 8.04. The van der Waals surface area contributed by atoms with Crippen LogP contribution in [0, 0.1) is 5.92 Å². The molecule has 2 aliphatic rings. The van der Waals surface area contributed by atoms with Gasteiger partial charge in [0, 0.05) is 37.0 Å². The molecule has 6 heteroatoms. The predicted octanol–water partition coefficient (Wildman–Crippen LogP) is 4.17. The van der Waals surface area contributed by atoms with Crippen molar-refractivity contribution in [3.63, 3.8) is 0 Å². The summed E-state index contributed by atoms with van der Waals surface area (Å²) in [6.45, 7) is 2.09. The monoisotopic (exact) mass is 403 g/mol. The number of urea groups is 1. The van der Waals surface area contributed by atoms with Gasteiger partial charge in [-0.2, -0.15) is 0 Å². The lowest BCUT2D eigenvalue weighted by molar-refractivity contribution is -0.122. The van der Waals surface area contributed by atoms with Crippen molar-refractivity contribution in [2.75, 3.05) is 19.3 Å². The number of nitrogens with one attached hydrogen (secondary N) is 2. The number of benzene rings is 1. The van der Waals surface area contributed by atoms with Crippen LogP contribution in [0.3, 0.4) is 0 Å². The number of thioether (sulfide) groups is 1. The number of rotatable bonds is 6. The lowest BCUT2D eigenvalue weighted by Crippen LogP contribution is -2.48. The maximum Gasteiger partial charge on any atom is 0.317 e. The van der Waals surface area contributed by atoms with Gasteiger partial charge in [0.25, 0.3) is 0 Å². The summed E-state index contributed by atoms with van der Waals surface area (Å²) in [4.78, 5) is 27.9. The number of carbonyl (C=O) groups is 2. The molecule has 0 spiro atoms. The summed E-state index contributed by atoms with van der Waals surface area (Å²) in [5.74, 6) is 0.483. The summed E-state index contributed by atoms with van der Waals surface area (Å²) in [5.41, 5.74) is 1.13. The van der Waals surface area contributed by atoms with E-state index in [0.29, 0.717) is 24.9 Å². The Morgan fingerprint density at radius 1 is 1.04 bits per heavy atom. The Hall–Kier alpha value is -1.69. The number of hydrogen-bond acceptors (Lipinski definition) is 3. The van der Waals surface area contributed by atoms with Crippen LogP contribution in [0.5, 0.6) is 0 Å². The van der Waals surface area contributed by atoms with Crippen molar-refractivity contribution in [1.29, 1.82) is 0 Å². The van der Waals surface area contributed by atoms with E-state index in [-0.39, 0.29) is 11.9 Å². The molecule has 1 saturated carbocycles. The summed E-state index contributed by atoms with van der Waals surface area (Å²) >= 11 is 1.72. The van der Waals surface area contributed by atoms with Gasteiger partial charge in [0.2, 0.25) is 5.91 Å². The van der Waals surface area contributed by atoms with Crippen LogP contribution < -0.4 is 10.6 Å². The molecule has 0 radical (unpaired) electrons. The number of likely N-dealkylation sites (tertiary alicyclic amines) is 1. The van der Waals surface area contributed by atoms with E-state index in [0.717, 1.165) is 44.3 Å². The SMILES string of the molecule is CSc1ccc(CNC(=O)CC2CCN(C(=O)NC3CCCCC3)CC2)cc1. The van der Waals surface area contributed by atoms with Crippen molar-refractivity contribution >= 4 is 23.7 Å². The summed E-state index contributed by atoms with van der Waals surface area (Å²) in [6.07, 6.45) is 10.4. The smallest absolute Gasteiger partial charge is 0.317 e. The minimum absolute atomic E-state index is 0.0866. The minimum Gasteiger partial charge on any atom is -0.352 e. The first-order valence-corrected chi connectivity index (χ1v) is 11.8. The molecule has 1 saturated heterocycles. The van der Waals surface area contributed by atoms with E-state index < -0.39 is 0 Å². The van der Waals surface area contributed by atoms with Crippen molar-refractivity contribution in [2.24, 2.45) is 5.92 Å². The fraction of sp³-hybridized carbons (Fsp3) is 0.636. The molecule has 1 aliphatic heterocycles. The van der Waals surface area contributed by atoms with Crippen LogP contribution in [-0.4, -0.2) is 42.2 Å². The van der Waals surface area contributed by atoms with Crippen LogP contribution >= 0.6 is 11.8 Å². The Balaban J connectivity index is 1.33. The maximum absolute atomic E-state index is 12.4. The molecule has 0 bridgehead atoms. The van der Waals surface area contributed by atoms with Crippen molar-refractivity contribution in [3.05, 3.63) is 29.8 Å². The van der Waals surface area contributed by atoms with Crippen LogP contribution in [0.15, 0.2) is 29.2 Å². The second-order valence-corrected chi connectivity index (χ2v) is 8.92. The molecule has 3 amide bonds. The first-order chi connectivity index (χ1) is 13.6. The van der Waals surface area contributed by atoms with Gasteiger partial charge < -0.3 is 15.5 Å². The number of piperidine rings is 1. The number of nitrogens with zero attached hydrogens (tertiary/aromatic N) is 1. The molecule has 5 nitrogen and oxygen atoms in total. The molecule has 154 valence electrons. The van der Waals surface area contributed by atoms with Crippen LogP contribution in [-0.2, 0) is 11.3 Å². The van der Waals surface area contributed by atoms with Gasteiger partial charge in [-0.3, -0.25) is 4.79 Å². The van der Waals surface area contributed by atoms with E-state index in [9.17, 15) is 9.59 Å². The van der Waals surface area contributed by atoms with E-state index in [1.165, 1.54) is 24.2 Å². The van der Waals surface area contributed by atoms with Gasteiger partial charge in [0.15, 0.2) is 0 Å². The highest BCUT2D eigenvalue weighted by molar-refractivity contribution is 7.98. The average Bonchev–Trinajstić information content (AvgIpc) is 2.74. The molecule has 1 aromatic rings. The molecular formula is C22H33N3O2S. The topological polar surface area (TPSA) is 61.4 Å². The number of amides is 3. The van der Waals surface area contributed by atoms with Gasteiger partial charge in [-0.15, -0.1) is 11.8 Å². The van der Waals surface area contributed by atoms with Gasteiger partial charge in [-0.1, -0.05) is 31.4 Å². The standard InChI is InChI=1S/C22H33N3O2S/c1-28-20-9-7-18(8-10-20)16-23-21(26)15-17-11-13-25(14-12-17)22(27)24-19-5-3-2-4-6-19/h7-10,17,19H,2-6,11-16H2,1H3,(H,23,26)(H,24,27). The quantitative estimate of drug-likeness (QED) is 0.701. The Morgan fingerprint density at radius 2 is 1.71 bits per heavy atom. The summed E-state index contributed by atoms with van der Waals surface area (Å²) in [6, 6.07) is 8.74. The molecule has 2 fully saturated rings. The maximum atomic E-state index is 12.4. The zero-order valence-corrected chi connectivity index (χ0v) is 17.7. The van der Waals surface area contributed by atoms with Crippen molar-refractivity contribution in [2.45, 2.75) is 68.8 Å². The van der Waals surface area contributed by atoms with Gasteiger partial charge in [-0.25, -0.2) is 4.79 Å². The van der Waals surface area contributed by atoms with Crippen LogP contribution in [0.4, 0.5) is 4.79 Å². The van der Waals surface area contributed by atoms with Crippen molar-refractivity contribution in [1.82, 2.24) is 15.5 Å². The van der Waals surface area contributed by atoms with E-state index in [2.05, 4.69) is 41.2 Å². The third-order valence-electron chi connectivity index (χ3n) is 5.96. The van der Waals surface area contributed by atoms with Gasteiger partial charge >= 0.3 is 6.03 Å². The third-order valence-corrected chi connectivity index (χ3v) is 6.70. The highest BCUT2D eigenvalue weighted by atomic mass is 32.2. The highest BCUT2D eigenvalue weighted by Crippen LogP contribution is 2.22. The minimum atomic E-state index is 0.0866. The number of hydrogen-bond donors (Lipinski definition) is 2. The van der Waals surface area contributed by atoms with Crippen LogP contribution in [0.2, 0.25) is 0 Å². The van der Waals surface area contributed by atoms with E-state index in [4.69, 9.17) is 0 Å². The zero-order valence-electron chi connectivity index (χ0n) is 16.9. The summed E-state index contributed by atoms with van der Waals surface area (Å²) in [7, 11) is 0. The molecule has 3 rings (SSSR count). The third kappa shape index (κ3) is 6.43. The number of carbonyl (C=O) groups excluding carboxylic acids is 2. The highest BCUT2D eigenvalue weighted by Gasteiger charge is 2.26. The fourth-order valence-electron chi connectivity index (χ4n) is 4.13. The summed E-state index contributed by atoms with van der Waals surface area (Å²) in [5, 5.41) is 6.23. The molecule has 0 atom stereocenters. The van der Waals surface area contributed by atoms with E-state index in [1.807, 2.05) is 4.90 Å². The average molecular weight is 404 g/mol. The molecule has 0 aromatic heterocycles.